The van der Waals surface area contributed by atoms with E-state index in [4.69, 9.17) is 0 Å². The van der Waals surface area contributed by atoms with E-state index in [1.54, 1.807) is 6.20 Å². The maximum Gasteiger partial charge on any atom is 0.112 e. The van der Waals surface area contributed by atoms with Crippen molar-refractivity contribution >= 4 is 10.9 Å². The fourth-order valence-corrected chi connectivity index (χ4v) is 2.80. The molecule has 0 bridgehead atoms. The zero-order valence-corrected chi connectivity index (χ0v) is 12.6. The molecule has 3 rings (SSSR count). The Morgan fingerprint density at radius 3 is 2.33 bits per heavy atom. The minimum atomic E-state index is -1.01. The largest absolute Gasteiger partial charge is 0.381 e. The molecule has 2 aromatic carbocycles. The van der Waals surface area contributed by atoms with Crippen LogP contribution < -0.4 is 0 Å². The first-order valence-corrected chi connectivity index (χ1v) is 7.13. The van der Waals surface area contributed by atoms with E-state index in [0.29, 0.717) is 0 Å². The second-order valence-corrected chi connectivity index (χ2v) is 5.86. The SMILES string of the molecule is Cc1cc(C)cc(C(C)(O)c2ccc3ncccc3c2)c1. The summed E-state index contributed by atoms with van der Waals surface area (Å²) < 4.78 is 0. The van der Waals surface area contributed by atoms with Crippen LogP contribution in [0.25, 0.3) is 10.9 Å². The Morgan fingerprint density at radius 2 is 1.62 bits per heavy atom. The summed E-state index contributed by atoms with van der Waals surface area (Å²) >= 11 is 0. The first-order chi connectivity index (χ1) is 9.96. The Bertz CT molecular complexity index is 785. The number of benzene rings is 2. The molecule has 0 aliphatic carbocycles. The van der Waals surface area contributed by atoms with E-state index < -0.39 is 5.60 Å². The molecule has 3 aromatic rings. The monoisotopic (exact) mass is 277 g/mol. The Labute approximate surface area is 125 Å². The van der Waals surface area contributed by atoms with E-state index in [0.717, 1.165) is 33.2 Å². The van der Waals surface area contributed by atoms with Gasteiger partial charge in [0.15, 0.2) is 0 Å². The molecule has 21 heavy (non-hydrogen) atoms. The van der Waals surface area contributed by atoms with E-state index in [2.05, 4.69) is 24.9 Å². The van der Waals surface area contributed by atoms with Gasteiger partial charge in [0.25, 0.3) is 0 Å². The third-order valence-electron chi connectivity index (χ3n) is 3.95. The third-order valence-corrected chi connectivity index (χ3v) is 3.95. The molecule has 106 valence electrons. The van der Waals surface area contributed by atoms with Crippen molar-refractivity contribution in [1.82, 2.24) is 4.98 Å². The van der Waals surface area contributed by atoms with Crippen molar-refractivity contribution in [2.75, 3.05) is 0 Å². The van der Waals surface area contributed by atoms with Crippen LogP contribution in [0.5, 0.6) is 0 Å². The lowest BCUT2D eigenvalue weighted by molar-refractivity contribution is 0.102. The molecule has 1 N–H and O–H groups in total. The molecule has 0 spiro atoms. The van der Waals surface area contributed by atoms with E-state index in [9.17, 15) is 5.11 Å². The van der Waals surface area contributed by atoms with Crippen LogP contribution in [0.1, 0.15) is 29.2 Å². The number of aryl methyl sites for hydroxylation is 2. The Balaban J connectivity index is 2.14. The highest BCUT2D eigenvalue weighted by Crippen LogP contribution is 2.31. The molecular weight excluding hydrogens is 258 g/mol. The number of hydrogen-bond donors (Lipinski definition) is 1. The minimum Gasteiger partial charge on any atom is -0.381 e. The van der Waals surface area contributed by atoms with Gasteiger partial charge in [-0.1, -0.05) is 41.5 Å². The molecular formula is C19H19NO. The van der Waals surface area contributed by atoms with Crippen molar-refractivity contribution in [3.63, 3.8) is 0 Å². The van der Waals surface area contributed by atoms with Crippen molar-refractivity contribution in [3.8, 4) is 0 Å². The molecule has 0 aliphatic rings. The van der Waals surface area contributed by atoms with Crippen LogP contribution in [0.4, 0.5) is 0 Å². The molecule has 2 nitrogen and oxygen atoms in total. The summed E-state index contributed by atoms with van der Waals surface area (Å²) in [5.74, 6) is 0. The van der Waals surface area contributed by atoms with Crippen LogP contribution in [-0.2, 0) is 5.60 Å². The summed E-state index contributed by atoms with van der Waals surface area (Å²) in [6.07, 6.45) is 1.78. The molecule has 0 aliphatic heterocycles. The Hall–Kier alpha value is -2.19. The van der Waals surface area contributed by atoms with Gasteiger partial charge in [0.1, 0.15) is 5.60 Å². The highest BCUT2D eigenvalue weighted by molar-refractivity contribution is 5.79. The van der Waals surface area contributed by atoms with Gasteiger partial charge in [-0.05, 0) is 50.1 Å². The molecule has 0 radical (unpaired) electrons. The number of rotatable bonds is 2. The van der Waals surface area contributed by atoms with Crippen molar-refractivity contribution in [3.05, 3.63) is 77.0 Å². The van der Waals surface area contributed by atoms with Gasteiger partial charge in [0.2, 0.25) is 0 Å². The summed E-state index contributed by atoms with van der Waals surface area (Å²) in [6.45, 7) is 5.95. The van der Waals surface area contributed by atoms with Crippen LogP contribution in [0.2, 0.25) is 0 Å². The topological polar surface area (TPSA) is 33.1 Å². The van der Waals surface area contributed by atoms with E-state index in [-0.39, 0.29) is 0 Å². The smallest absolute Gasteiger partial charge is 0.112 e. The van der Waals surface area contributed by atoms with Gasteiger partial charge >= 0.3 is 0 Å². The summed E-state index contributed by atoms with van der Waals surface area (Å²) in [5.41, 5.74) is 4.05. The quantitative estimate of drug-likeness (QED) is 0.764. The van der Waals surface area contributed by atoms with Gasteiger partial charge in [0, 0.05) is 11.6 Å². The number of fused-ring (bicyclic) bond motifs is 1. The first-order valence-electron chi connectivity index (χ1n) is 7.13. The number of nitrogens with zero attached hydrogens (tertiary/aromatic N) is 1. The number of aliphatic hydroxyl groups is 1. The van der Waals surface area contributed by atoms with Gasteiger partial charge < -0.3 is 5.11 Å². The minimum absolute atomic E-state index is 0.882. The summed E-state index contributed by atoms with van der Waals surface area (Å²) in [7, 11) is 0. The average Bonchev–Trinajstić information content (AvgIpc) is 2.45. The molecule has 0 fully saturated rings. The van der Waals surface area contributed by atoms with E-state index in [1.165, 1.54) is 0 Å². The second kappa shape index (κ2) is 4.97. The Kier molecular flexibility index (Phi) is 3.26. The third kappa shape index (κ3) is 2.55. The fraction of sp³-hybridized carbons (Fsp3) is 0.211. The number of pyridine rings is 1. The summed E-state index contributed by atoms with van der Waals surface area (Å²) in [4.78, 5) is 4.32. The van der Waals surface area contributed by atoms with Crippen LogP contribution in [-0.4, -0.2) is 10.1 Å². The van der Waals surface area contributed by atoms with Crippen molar-refractivity contribution in [1.29, 1.82) is 0 Å². The second-order valence-electron chi connectivity index (χ2n) is 5.86. The maximum atomic E-state index is 11.0. The normalized spacial score (nSPS) is 14.1. The van der Waals surface area contributed by atoms with Crippen LogP contribution in [0.3, 0.4) is 0 Å². The average molecular weight is 277 g/mol. The lowest BCUT2D eigenvalue weighted by atomic mass is 9.86. The predicted octanol–water partition coefficient (Wildman–Crippen LogP) is 4.11. The van der Waals surface area contributed by atoms with Crippen molar-refractivity contribution in [2.45, 2.75) is 26.4 Å². The number of aromatic nitrogens is 1. The standard InChI is InChI=1S/C19H19NO/c1-13-9-14(2)11-17(10-13)19(3,21)16-6-7-18-15(12-16)5-4-8-20-18/h4-12,21H,1-3H3. The van der Waals surface area contributed by atoms with E-state index >= 15 is 0 Å². The highest BCUT2D eigenvalue weighted by Gasteiger charge is 2.26. The summed E-state index contributed by atoms with van der Waals surface area (Å²) in [5, 5.41) is 12.1. The molecule has 0 amide bonds. The van der Waals surface area contributed by atoms with Crippen LogP contribution in [0.15, 0.2) is 54.7 Å². The molecule has 1 unspecified atom stereocenters. The molecule has 0 saturated carbocycles. The van der Waals surface area contributed by atoms with Gasteiger partial charge in [0.05, 0.1) is 5.52 Å². The Morgan fingerprint density at radius 1 is 0.905 bits per heavy atom. The molecule has 2 heteroatoms. The maximum absolute atomic E-state index is 11.0. The summed E-state index contributed by atoms with van der Waals surface area (Å²) in [6, 6.07) is 16.1. The van der Waals surface area contributed by atoms with Crippen LogP contribution >= 0.6 is 0 Å². The van der Waals surface area contributed by atoms with Crippen molar-refractivity contribution < 1.29 is 5.11 Å². The number of hydrogen-bond acceptors (Lipinski definition) is 2. The van der Waals surface area contributed by atoms with Gasteiger partial charge in [-0.3, -0.25) is 4.98 Å². The molecule has 1 heterocycles. The fourth-order valence-electron chi connectivity index (χ4n) is 2.80. The van der Waals surface area contributed by atoms with E-state index in [1.807, 2.05) is 49.4 Å². The lowest BCUT2D eigenvalue weighted by Crippen LogP contribution is -2.23. The van der Waals surface area contributed by atoms with Crippen molar-refractivity contribution in [2.24, 2.45) is 0 Å². The first kappa shape index (κ1) is 13.8. The zero-order chi connectivity index (χ0) is 15.0. The van der Waals surface area contributed by atoms with Crippen LogP contribution in [0, 0.1) is 13.8 Å². The molecule has 1 atom stereocenters. The van der Waals surface area contributed by atoms with Gasteiger partial charge in [-0.2, -0.15) is 0 Å². The zero-order valence-electron chi connectivity index (χ0n) is 12.6. The molecule has 1 aromatic heterocycles. The highest BCUT2D eigenvalue weighted by atomic mass is 16.3. The van der Waals surface area contributed by atoms with Gasteiger partial charge in [-0.25, -0.2) is 0 Å². The lowest BCUT2D eigenvalue weighted by Gasteiger charge is -2.26. The van der Waals surface area contributed by atoms with Gasteiger partial charge in [-0.15, -0.1) is 0 Å². The molecule has 0 saturated heterocycles. The predicted molar refractivity (Wildman–Crippen MR) is 86.3 cm³/mol.